The van der Waals surface area contributed by atoms with E-state index in [2.05, 4.69) is 26.0 Å². The number of allylic oxidation sites excluding steroid dienone is 2. The van der Waals surface area contributed by atoms with Gasteiger partial charge in [0.1, 0.15) is 11.9 Å². The zero-order chi connectivity index (χ0) is 28.5. The van der Waals surface area contributed by atoms with Crippen LogP contribution < -0.4 is 0 Å². The fraction of sp³-hybridized carbons (Fsp3) is 0.879. The molecule has 0 spiro atoms. The van der Waals surface area contributed by atoms with Crippen molar-refractivity contribution in [3.8, 4) is 0 Å². The second kappa shape index (κ2) is 25.0. The summed E-state index contributed by atoms with van der Waals surface area (Å²) in [7, 11) is 0. The first-order valence-electron chi connectivity index (χ1n) is 16.1. The summed E-state index contributed by atoms with van der Waals surface area (Å²) in [6, 6.07) is 0. The Morgan fingerprint density at radius 1 is 0.658 bits per heavy atom. The molecule has 0 saturated carbocycles. The molecule has 3 unspecified atom stereocenters. The van der Waals surface area contributed by atoms with Crippen LogP contribution in [0.2, 0.25) is 0 Å². The van der Waals surface area contributed by atoms with Crippen molar-refractivity contribution in [2.75, 3.05) is 6.61 Å². The van der Waals surface area contributed by atoms with Crippen LogP contribution in [0.1, 0.15) is 162 Å². The molecule has 0 aromatic carbocycles. The zero-order valence-corrected chi connectivity index (χ0v) is 25.2. The highest BCUT2D eigenvalue weighted by Gasteiger charge is 2.50. The van der Waals surface area contributed by atoms with Crippen LogP contribution in [0.25, 0.3) is 0 Å². The van der Waals surface area contributed by atoms with Crippen molar-refractivity contribution in [1.29, 1.82) is 0 Å². The maximum atomic E-state index is 13.2. The average Bonchev–Trinajstić information content (AvgIpc) is 2.91. The normalized spacial score (nSPS) is 15.0. The number of carbonyl (C=O) groups is 2. The van der Waals surface area contributed by atoms with E-state index < -0.39 is 30.0 Å². The highest BCUT2D eigenvalue weighted by molar-refractivity contribution is 5.95. The maximum absolute atomic E-state index is 13.2. The summed E-state index contributed by atoms with van der Waals surface area (Å²) in [5.41, 5.74) is -2.20. The lowest BCUT2D eigenvalue weighted by molar-refractivity contribution is -0.172. The Bertz CT molecular complexity index is 602. The van der Waals surface area contributed by atoms with Crippen molar-refractivity contribution in [3.05, 3.63) is 12.2 Å². The van der Waals surface area contributed by atoms with Gasteiger partial charge in [0, 0.05) is 12.8 Å². The van der Waals surface area contributed by atoms with E-state index in [1.165, 1.54) is 44.9 Å². The van der Waals surface area contributed by atoms with Gasteiger partial charge in [-0.1, -0.05) is 116 Å². The van der Waals surface area contributed by atoms with Gasteiger partial charge in [-0.3, -0.25) is 9.59 Å². The minimum Gasteiger partial charge on any atom is -0.394 e. The van der Waals surface area contributed by atoms with E-state index in [4.69, 9.17) is 0 Å². The molecular formula is C33H62O5. The summed E-state index contributed by atoms with van der Waals surface area (Å²) < 4.78 is 0. The van der Waals surface area contributed by atoms with Crippen molar-refractivity contribution in [2.24, 2.45) is 5.92 Å². The molecule has 5 nitrogen and oxygen atoms in total. The van der Waals surface area contributed by atoms with Crippen molar-refractivity contribution in [3.63, 3.8) is 0 Å². The van der Waals surface area contributed by atoms with Crippen LogP contribution >= 0.6 is 0 Å². The Morgan fingerprint density at radius 2 is 1.13 bits per heavy atom. The molecule has 224 valence electrons. The lowest BCUT2D eigenvalue weighted by Gasteiger charge is -2.37. The first-order chi connectivity index (χ1) is 18.4. The van der Waals surface area contributed by atoms with E-state index in [-0.39, 0.29) is 12.2 Å². The molecule has 0 radical (unpaired) electrons. The fourth-order valence-electron chi connectivity index (χ4n) is 5.30. The van der Waals surface area contributed by atoms with Gasteiger partial charge < -0.3 is 15.3 Å². The molecule has 0 aliphatic rings. The molecule has 3 atom stereocenters. The molecule has 5 heteroatoms. The maximum Gasteiger partial charge on any atom is 0.167 e. The van der Waals surface area contributed by atoms with E-state index in [0.717, 1.165) is 70.6 Å². The Hall–Kier alpha value is -1.04. The van der Waals surface area contributed by atoms with Gasteiger partial charge in [-0.05, 0) is 44.9 Å². The third kappa shape index (κ3) is 16.2. The smallest absolute Gasteiger partial charge is 0.167 e. The van der Waals surface area contributed by atoms with Crippen LogP contribution in [0.15, 0.2) is 12.2 Å². The lowest BCUT2D eigenvalue weighted by atomic mass is 9.72. The van der Waals surface area contributed by atoms with Gasteiger partial charge in [0.25, 0.3) is 0 Å². The third-order valence-corrected chi connectivity index (χ3v) is 7.81. The Kier molecular flexibility index (Phi) is 24.3. The number of Topliss-reactive ketones (excluding diaryl/α,β-unsaturated/α-hetero) is 2. The Balaban J connectivity index is 4.63. The minimum absolute atomic E-state index is 0.0835. The summed E-state index contributed by atoms with van der Waals surface area (Å²) in [6.07, 6.45) is 24.5. The molecule has 0 aromatic heterocycles. The van der Waals surface area contributed by atoms with Crippen molar-refractivity contribution in [1.82, 2.24) is 0 Å². The molecule has 0 bridgehead atoms. The van der Waals surface area contributed by atoms with Crippen LogP contribution in [0.5, 0.6) is 0 Å². The van der Waals surface area contributed by atoms with Gasteiger partial charge in [0.2, 0.25) is 0 Å². The second-order valence-corrected chi connectivity index (χ2v) is 11.3. The number of carbonyl (C=O) groups excluding carboxylic acids is 2. The number of unbranched alkanes of at least 4 members (excludes halogenated alkanes) is 15. The number of aliphatic hydroxyl groups excluding tert-OH is 2. The molecular weight excluding hydrogens is 476 g/mol. The van der Waals surface area contributed by atoms with Crippen LogP contribution in [0, 0.1) is 5.92 Å². The van der Waals surface area contributed by atoms with Gasteiger partial charge in [0.15, 0.2) is 11.4 Å². The standard InChI is InChI=1S/C33H62O5/c1-4-7-9-11-12-13-14-15-16-17-18-19-20-22-23-26-29(30(35)27-24-21-10-8-5-2)33(38,32(37)28-34)31(36)25-6-3/h15-16,29,32,34,37-38H,4-14,17-28H2,1-3H3/b16-15-. The lowest BCUT2D eigenvalue weighted by Crippen LogP contribution is -2.58. The SMILES string of the molecule is CCCCCCCC/C=C\CCCCCCCC(C(=O)CCCCCCC)C(O)(C(=O)CCC)C(O)CO. The highest BCUT2D eigenvalue weighted by atomic mass is 16.4. The number of hydrogen-bond acceptors (Lipinski definition) is 5. The Labute approximate surface area is 234 Å². The van der Waals surface area contributed by atoms with Gasteiger partial charge in [0.05, 0.1) is 12.5 Å². The van der Waals surface area contributed by atoms with Gasteiger partial charge in [-0.15, -0.1) is 0 Å². The van der Waals surface area contributed by atoms with E-state index >= 15 is 0 Å². The first kappa shape index (κ1) is 37.0. The average molecular weight is 539 g/mol. The number of rotatable bonds is 28. The number of ketones is 2. The first-order valence-corrected chi connectivity index (χ1v) is 16.1. The summed E-state index contributed by atoms with van der Waals surface area (Å²) in [6.45, 7) is 5.49. The van der Waals surface area contributed by atoms with E-state index in [9.17, 15) is 24.9 Å². The summed E-state index contributed by atoms with van der Waals surface area (Å²) in [4.78, 5) is 26.1. The molecule has 0 fully saturated rings. The molecule has 0 rings (SSSR count). The molecule has 38 heavy (non-hydrogen) atoms. The van der Waals surface area contributed by atoms with Crippen LogP contribution in [-0.2, 0) is 9.59 Å². The second-order valence-electron chi connectivity index (χ2n) is 11.3. The van der Waals surface area contributed by atoms with Crippen molar-refractivity contribution < 1.29 is 24.9 Å². The van der Waals surface area contributed by atoms with Crippen LogP contribution in [-0.4, -0.2) is 45.2 Å². The van der Waals surface area contributed by atoms with Crippen molar-refractivity contribution >= 4 is 11.6 Å². The molecule has 3 N–H and O–H groups in total. The van der Waals surface area contributed by atoms with E-state index in [0.29, 0.717) is 19.3 Å². The summed E-state index contributed by atoms with van der Waals surface area (Å²) in [5.74, 6) is -1.64. The van der Waals surface area contributed by atoms with Crippen molar-refractivity contribution in [2.45, 2.75) is 174 Å². The summed E-state index contributed by atoms with van der Waals surface area (Å²) in [5, 5.41) is 31.5. The fourth-order valence-corrected chi connectivity index (χ4v) is 5.30. The predicted molar refractivity (Wildman–Crippen MR) is 159 cm³/mol. The van der Waals surface area contributed by atoms with E-state index in [1.807, 2.05) is 6.92 Å². The minimum atomic E-state index is -2.20. The molecule has 0 aliphatic heterocycles. The molecule has 0 aliphatic carbocycles. The monoisotopic (exact) mass is 538 g/mol. The predicted octanol–water partition coefficient (Wildman–Crippen LogP) is 8.02. The van der Waals surface area contributed by atoms with Crippen LogP contribution in [0.3, 0.4) is 0 Å². The largest absolute Gasteiger partial charge is 0.394 e. The summed E-state index contributed by atoms with van der Waals surface area (Å²) >= 11 is 0. The van der Waals surface area contributed by atoms with Gasteiger partial charge in [-0.2, -0.15) is 0 Å². The zero-order valence-electron chi connectivity index (χ0n) is 25.2. The quantitative estimate of drug-likeness (QED) is 0.0692. The third-order valence-electron chi connectivity index (χ3n) is 7.81. The number of hydrogen-bond donors (Lipinski definition) is 3. The van der Waals surface area contributed by atoms with E-state index in [1.54, 1.807) is 0 Å². The topological polar surface area (TPSA) is 94.8 Å². The molecule has 0 saturated heterocycles. The highest BCUT2D eigenvalue weighted by Crippen LogP contribution is 2.32. The van der Waals surface area contributed by atoms with Gasteiger partial charge in [-0.25, -0.2) is 0 Å². The number of aliphatic hydroxyl groups is 3. The molecule has 0 amide bonds. The molecule has 0 aromatic rings. The molecule has 0 heterocycles. The van der Waals surface area contributed by atoms with Crippen LogP contribution in [0.4, 0.5) is 0 Å². The van der Waals surface area contributed by atoms with Gasteiger partial charge >= 0.3 is 0 Å². The Morgan fingerprint density at radius 3 is 1.63 bits per heavy atom.